The second kappa shape index (κ2) is 6.81. The van der Waals surface area contributed by atoms with Crippen molar-refractivity contribution >= 4 is 7.82 Å². The van der Waals surface area contributed by atoms with Crippen molar-refractivity contribution in [3.05, 3.63) is 0 Å². The Balaban J connectivity index is 1.28. The molecule has 0 radical (unpaired) electrons. The van der Waals surface area contributed by atoms with Gasteiger partial charge in [-0.05, 0) is 106 Å². The molecule has 0 amide bonds. The third kappa shape index (κ3) is 3.08. The molecule has 5 rings (SSSR count). The largest absolute Gasteiger partial charge is 0.475 e. The molecule has 4 saturated carbocycles. The summed E-state index contributed by atoms with van der Waals surface area (Å²) in [7, 11) is -3.37. The van der Waals surface area contributed by atoms with Crippen molar-refractivity contribution in [2.45, 2.75) is 110 Å². The quantitative estimate of drug-likeness (QED) is 0.473. The van der Waals surface area contributed by atoms with Crippen LogP contribution in [-0.4, -0.2) is 18.3 Å². The molecule has 1 heterocycles. The molecular formula is C23H39O4P. The monoisotopic (exact) mass is 410 g/mol. The van der Waals surface area contributed by atoms with Gasteiger partial charge in [-0.25, -0.2) is 4.57 Å². The van der Waals surface area contributed by atoms with Gasteiger partial charge in [-0.2, -0.15) is 0 Å². The fourth-order valence-corrected chi connectivity index (χ4v) is 10.0. The summed E-state index contributed by atoms with van der Waals surface area (Å²) < 4.78 is 30.0. The van der Waals surface area contributed by atoms with Gasteiger partial charge in [-0.15, -0.1) is 0 Å². The van der Waals surface area contributed by atoms with Crippen molar-refractivity contribution in [2.75, 3.05) is 0 Å². The Morgan fingerprint density at radius 1 is 0.893 bits per heavy atom. The average molecular weight is 411 g/mol. The maximum Gasteiger partial charge on any atom is 0.475 e. The van der Waals surface area contributed by atoms with Crippen molar-refractivity contribution in [2.24, 2.45) is 34.5 Å². The number of phosphoric acid groups is 1. The first-order valence-corrected chi connectivity index (χ1v) is 13.3. The van der Waals surface area contributed by atoms with E-state index in [0.29, 0.717) is 16.7 Å². The van der Waals surface area contributed by atoms with E-state index in [1.807, 2.05) is 13.8 Å². The lowest BCUT2D eigenvalue weighted by molar-refractivity contribution is -0.119. The highest BCUT2D eigenvalue weighted by atomic mass is 31.2. The molecule has 160 valence electrons. The molecule has 5 aliphatic rings. The zero-order chi connectivity index (χ0) is 19.7. The lowest BCUT2D eigenvalue weighted by atomic mass is 9.45. The Labute approximate surface area is 171 Å². The Morgan fingerprint density at radius 2 is 1.64 bits per heavy atom. The molecule has 0 N–H and O–H groups in total. The summed E-state index contributed by atoms with van der Waals surface area (Å²) in [6.45, 7) is 8.98. The van der Waals surface area contributed by atoms with Crippen LogP contribution in [0.5, 0.6) is 0 Å². The minimum atomic E-state index is -3.37. The van der Waals surface area contributed by atoms with Crippen LogP contribution in [0.25, 0.3) is 0 Å². The standard InChI is InChI=1S/C23H39O4P/c1-15-16(2)26-28(24,25-15)27-18-9-13-23(4)17(14-18)7-8-19-20-6-5-11-22(20,3)12-10-21(19)23/h15-21H,5-14H2,1-4H3/t15?,16?,17-,18+,19-,20-,21-,22-,23-,28?/m0/s1. The number of fused-ring (bicyclic) bond motifs is 5. The molecule has 1 aliphatic heterocycles. The maximum atomic E-state index is 12.9. The fourth-order valence-electron chi connectivity index (χ4n) is 8.14. The predicted octanol–water partition coefficient (Wildman–Crippen LogP) is 6.74. The van der Waals surface area contributed by atoms with E-state index < -0.39 is 7.82 Å². The van der Waals surface area contributed by atoms with Crippen molar-refractivity contribution in [1.82, 2.24) is 0 Å². The summed E-state index contributed by atoms with van der Waals surface area (Å²) in [5.41, 5.74) is 1.08. The van der Waals surface area contributed by atoms with Crippen LogP contribution in [0.2, 0.25) is 0 Å². The Bertz CT molecular complexity index is 653. The number of rotatable bonds is 2. The van der Waals surface area contributed by atoms with E-state index in [1.54, 1.807) is 0 Å². The first-order chi connectivity index (χ1) is 13.2. The average Bonchev–Trinajstić information content (AvgIpc) is 3.14. The summed E-state index contributed by atoms with van der Waals surface area (Å²) >= 11 is 0. The van der Waals surface area contributed by atoms with E-state index in [9.17, 15) is 4.57 Å². The third-order valence-corrected chi connectivity index (χ3v) is 11.7. The Morgan fingerprint density at radius 3 is 2.39 bits per heavy atom. The minimum Gasteiger partial charge on any atom is -0.284 e. The van der Waals surface area contributed by atoms with Crippen molar-refractivity contribution < 1.29 is 18.1 Å². The molecule has 0 aromatic heterocycles. The van der Waals surface area contributed by atoms with E-state index >= 15 is 0 Å². The Kier molecular flexibility index (Phi) is 4.87. The van der Waals surface area contributed by atoms with Crippen LogP contribution in [0, 0.1) is 34.5 Å². The number of phosphoric ester groups is 1. The van der Waals surface area contributed by atoms with Gasteiger partial charge < -0.3 is 0 Å². The van der Waals surface area contributed by atoms with Crippen molar-refractivity contribution in [3.8, 4) is 0 Å². The zero-order valence-corrected chi connectivity index (χ0v) is 19.1. The van der Waals surface area contributed by atoms with Gasteiger partial charge in [0.05, 0.1) is 18.3 Å². The number of hydrogen-bond acceptors (Lipinski definition) is 4. The van der Waals surface area contributed by atoms with Crippen LogP contribution in [-0.2, 0) is 18.1 Å². The van der Waals surface area contributed by atoms with Crippen LogP contribution >= 0.6 is 7.82 Å². The second-order valence-corrected chi connectivity index (χ2v) is 12.8. The van der Waals surface area contributed by atoms with Crippen LogP contribution in [0.4, 0.5) is 0 Å². The SMILES string of the molecule is CC1OP(=O)(O[C@@H]2CC[C@@]3(C)[C@@H](CC[C@H]4[C@@H]5CCC[C@@]5(C)CC[C@@H]43)C2)OC1C. The molecule has 4 nitrogen and oxygen atoms in total. The molecule has 5 heteroatoms. The highest BCUT2D eigenvalue weighted by Crippen LogP contribution is 2.67. The van der Waals surface area contributed by atoms with Crippen LogP contribution in [0.1, 0.15) is 91.9 Å². The van der Waals surface area contributed by atoms with Gasteiger partial charge in [-0.1, -0.05) is 20.3 Å². The topological polar surface area (TPSA) is 44.8 Å². The third-order valence-electron chi connectivity index (χ3n) is 9.93. The molecular weight excluding hydrogens is 371 g/mol. The van der Waals surface area contributed by atoms with Gasteiger partial charge in [0.15, 0.2) is 0 Å². The van der Waals surface area contributed by atoms with Crippen molar-refractivity contribution in [3.63, 3.8) is 0 Å². The van der Waals surface area contributed by atoms with Gasteiger partial charge in [0.2, 0.25) is 0 Å². The highest BCUT2D eigenvalue weighted by Gasteiger charge is 2.58. The lowest BCUT2D eigenvalue weighted by Crippen LogP contribution is -2.53. The van der Waals surface area contributed by atoms with Gasteiger partial charge in [0.1, 0.15) is 0 Å². The zero-order valence-electron chi connectivity index (χ0n) is 18.2. The summed E-state index contributed by atoms with van der Waals surface area (Å²) in [5, 5.41) is 0. The predicted molar refractivity (Wildman–Crippen MR) is 110 cm³/mol. The van der Waals surface area contributed by atoms with E-state index in [2.05, 4.69) is 13.8 Å². The van der Waals surface area contributed by atoms with Gasteiger partial charge in [0, 0.05) is 0 Å². The molecule has 0 spiro atoms. The molecule has 28 heavy (non-hydrogen) atoms. The summed E-state index contributed by atoms with van der Waals surface area (Å²) in [6, 6.07) is 0. The molecule has 0 aromatic rings. The summed E-state index contributed by atoms with van der Waals surface area (Å²) in [6.07, 6.45) is 12.9. The van der Waals surface area contributed by atoms with E-state index in [1.165, 1.54) is 51.4 Å². The molecule has 0 bridgehead atoms. The molecule has 9 atom stereocenters. The molecule has 4 aliphatic carbocycles. The van der Waals surface area contributed by atoms with E-state index in [0.717, 1.165) is 30.6 Å². The minimum absolute atomic E-state index is 0.0262. The van der Waals surface area contributed by atoms with Gasteiger partial charge in [0.25, 0.3) is 0 Å². The fraction of sp³-hybridized carbons (Fsp3) is 1.00. The van der Waals surface area contributed by atoms with Crippen molar-refractivity contribution in [1.29, 1.82) is 0 Å². The van der Waals surface area contributed by atoms with Crippen LogP contribution < -0.4 is 0 Å². The second-order valence-electron chi connectivity index (χ2n) is 11.3. The molecule has 5 fully saturated rings. The van der Waals surface area contributed by atoms with Crippen LogP contribution in [0.15, 0.2) is 0 Å². The van der Waals surface area contributed by atoms with Gasteiger partial charge in [-0.3, -0.25) is 13.6 Å². The Hall–Kier alpha value is 0.110. The smallest absolute Gasteiger partial charge is 0.284 e. The van der Waals surface area contributed by atoms with E-state index in [4.69, 9.17) is 13.6 Å². The first-order valence-electron chi connectivity index (χ1n) is 11.9. The summed E-state index contributed by atoms with van der Waals surface area (Å²) in [4.78, 5) is 0. The maximum absolute atomic E-state index is 12.9. The number of hydrogen-bond donors (Lipinski definition) is 0. The molecule has 0 aromatic carbocycles. The normalized spacial score (nSPS) is 58.8. The molecule has 1 saturated heterocycles. The summed E-state index contributed by atoms with van der Waals surface area (Å²) in [5.74, 6) is 3.50. The highest BCUT2D eigenvalue weighted by molar-refractivity contribution is 7.48. The van der Waals surface area contributed by atoms with Gasteiger partial charge >= 0.3 is 7.82 Å². The van der Waals surface area contributed by atoms with E-state index in [-0.39, 0.29) is 18.3 Å². The lowest BCUT2D eigenvalue weighted by Gasteiger charge is -2.60. The molecule has 2 unspecified atom stereocenters. The van der Waals surface area contributed by atoms with Crippen LogP contribution in [0.3, 0.4) is 0 Å². The first kappa shape index (κ1) is 20.0.